The zero-order chi connectivity index (χ0) is 19.7. The lowest BCUT2D eigenvalue weighted by molar-refractivity contribution is -0.130. The van der Waals surface area contributed by atoms with Gasteiger partial charge in [0.05, 0.1) is 10.6 Å². The molecule has 0 bridgehead atoms. The lowest BCUT2D eigenvalue weighted by atomic mass is 10.0. The molecule has 3 rings (SSSR count). The van der Waals surface area contributed by atoms with Crippen molar-refractivity contribution in [2.75, 3.05) is 20.1 Å². The minimum absolute atomic E-state index is 0.00568. The first-order valence-electron chi connectivity index (χ1n) is 8.74. The molecule has 27 heavy (non-hydrogen) atoms. The van der Waals surface area contributed by atoms with Crippen molar-refractivity contribution >= 4 is 23.4 Å². The standard InChI is InChI=1S/C19H21ClFN3O3/c1-11-16(18(22-27-11)17-14(20)5-4-6-15(17)21)19(26)24-9-7-13(8-10-24)23(3)12(2)25/h4-6,13H,7-10H2,1-3H3. The molecule has 2 heterocycles. The first-order valence-corrected chi connectivity index (χ1v) is 9.12. The highest BCUT2D eigenvalue weighted by Gasteiger charge is 2.32. The number of halogens is 2. The first kappa shape index (κ1) is 19.4. The summed E-state index contributed by atoms with van der Waals surface area (Å²) in [6.07, 6.45) is 1.36. The van der Waals surface area contributed by atoms with Gasteiger partial charge in [-0.05, 0) is 31.9 Å². The fourth-order valence-electron chi connectivity index (χ4n) is 3.39. The maximum absolute atomic E-state index is 14.3. The SMILES string of the molecule is CC(=O)N(C)C1CCN(C(=O)c2c(-c3c(F)cccc3Cl)noc2C)CC1. The lowest BCUT2D eigenvalue weighted by Crippen LogP contribution is -2.46. The van der Waals surface area contributed by atoms with Crippen molar-refractivity contribution in [3.05, 3.63) is 40.4 Å². The molecule has 2 aromatic rings. The number of hydrogen-bond donors (Lipinski definition) is 0. The maximum atomic E-state index is 14.3. The monoisotopic (exact) mass is 393 g/mol. The highest BCUT2D eigenvalue weighted by molar-refractivity contribution is 6.33. The number of amides is 2. The summed E-state index contributed by atoms with van der Waals surface area (Å²) in [4.78, 5) is 28.0. The number of aryl methyl sites for hydroxylation is 1. The van der Waals surface area contributed by atoms with E-state index in [4.69, 9.17) is 16.1 Å². The van der Waals surface area contributed by atoms with Crippen LogP contribution in [-0.4, -0.2) is 52.9 Å². The minimum atomic E-state index is -0.563. The Bertz CT molecular complexity index is 855. The van der Waals surface area contributed by atoms with Gasteiger partial charge in [-0.1, -0.05) is 22.8 Å². The Morgan fingerprint density at radius 3 is 2.59 bits per heavy atom. The molecular weight excluding hydrogens is 373 g/mol. The van der Waals surface area contributed by atoms with Gasteiger partial charge in [-0.2, -0.15) is 0 Å². The average Bonchev–Trinajstić information content (AvgIpc) is 3.01. The fourth-order valence-corrected chi connectivity index (χ4v) is 3.64. The molecule has 6 nitrogen and oxygen atoms in total. The van der Waals surface area contributed by atoms with E-state index in [-0.39, 0.29) is 39.7 Å². The Labute approximate surface area is 161 Å². The van der Waals surface area contributed by atoms with Gasteiger partial charge in [-0.25, -0.2) is 4.39 Å². The third-order valence-corrected chi connectivity index (χ3v) is 5.39. The number of hydrogen-bond acceptors (Lipinski definition) is 4. The largest absolute Gasteiger partial charge is 0.360 e. The molecule has 8 heteroatoms. The molecule has 144 valence electrons. The second kappa shape index (κ2) is 7.68. The molecule has 0 spiro atoms. The number of aromatic nitrogens is 1. The Balaban J connectivity index is 1.85. The fraction of sp³-hybridized carbons (Fsp3) is 0.421. The van der Waals surface area contributed by atoms with Gasteiger partial charge in [0.15, 0.2) is 0 Å². The molecule has 1 saturated heterocycles. The Morgan fingerprint density at radius 1 is 1.33 bits per heavy atom. The molecule has 1 aromatic carbocycles. The quantitative estimate of drug-likeness (QED) is 0.800. The van der Waals surface area contributed by atoms with Gasteiger partial charge in [0.1, 0.15) is 22.8 Å². The number of benzene rings is 1. The molecule has 2 amide bonds. The van der Waals surface area contributed by atoms with E-state index in [9.17, 15) is 14.0 Å². The smallest absolute Gasteiger partial charge is 0.259 e. The van der Waals surface area contributed by atoms with Crippen molar-refractivity contribution < 1.29 is 18.5 Å². The van der Waals surface area contributed by atoms with Crippen LogP contribution in [0.4, 0.5) is 4.39 Å². The molecule has 0 radical (unpaired) electrons. The predicted octanol–water partition coefficient (Wildman–Crippen LogP) is 3.53. The summed E-state index contributed by atoms with van der Waals surface area (Å²) in [6, 6.07) is 4.41. The van der Waals surface area contributed by atoms with E-state index >= 15 is 0 Å². The van der Waals surface area contributed by atoms with Crippen molar-refractivity contribution in [3.63, 3.8) is 0 Å². The minimum Gasteiger partial charge on any atom is -0.360 e. The summed E-state index contributed by atoms with van der Waals surface area (Å²) in [5.41, 5.74) is 0.398. The van der Waals surface area contributed by atoms with E-state index in [0.29, 0.717) is 31.7 Å². The maximum Gasteiger partial charge on any atom is 0.259 e. The van der Waals surface area contributed by atoms with Gasteiger partial charge in [0.25, 0.3) is 5.91 Å². The van der Waals surface area contributed by atoms with Crippen LogP contribution in [-0.2, 0) is 4.79 Å². The summed E-state index contributed by atoms with van der Waals surface area (Å²) in [5.74, 6) is -0.512. The number of piperidine rings is 1. The molecule has 0 N–H and O–H groups in total. The third-order valence-electron chi connectivity index (χ3n) is 5.07. The van der Waals surface area contributed by atoms with E-state index in [1.165, 1.54) is 19.1 Å². The molecule has 0 atom stereocenters. The number of carbonyl (C=O) groups is 2. The van der Waals surface area contributed by atoms with Gasteiger partial charge in [0, 0.05) is 33.1 Å². The predicted molar refractivity (Wildman–Crippen MR) is 99.0 cm³/mol. The van der Waals surface area contributed by atoms with Crippen LogP contribution in [0.3, 0.4) is 0 Å². The second-order valence-corrected chi connectivity index (χ2v) is 7.12. The van der Waals surface area contributed by atoms with Crippen molar-refractivity contribution in [1.82, 2.24) is 15.0 Å². The van der Waals surface area contributed by atoms with Gasteiger partial charge in [-0.3, -0.25) is 9.59 Å². The first-order chi connectivity index (χ1) is 12.8. The van der Waals surface area contributed by atoms with Crippen LogP contribution in [0, 0.1) is 12.7 Å². The van der Waals surface area contributed by atoms with Crippen LogP contribution < -0.4 is 0 Å². The number of likely N-dealkylation sites (tertiary alicyclic amines) is 1. The van der Waals surface area contributed by atoms with Crippen LogP contribution in [0.15, 0.2) is 22.7 Å². The molecule has 1 aromatic heterocycles. The molecular formula is C19H21ClFN3O3. The Kier molecular flexibility index (Phi) is 5.51. The van der Waals surface area contributed by atoms with Crippen molar-refractivity contribution in [1.29, 1.82) is 0 Å². The van der Waals surface area contributed by atoms with Crippen molar-refractivity contribution in [3.8, 4) is 11.3 Å². The van der Waals surface area contributed by atoms with Crippen molar-refractivity contribution in [2.24, 2.45) is 0 Å². The molecule has 0 saturated carbocycles. The van der Waals surface area contributed by atoms with Crippen LogP contribution >= 0.6 is 11.6 Å². The molecule has 1 fully saturated rings. The zero-order valence-electron chi connectivity index (χ0n) is 15.5. The summed E-state index contributed by atoms with van der Waals surface area (Å²) in [6.45, 7) is 4.14. The summed E-state index contributed by atoms with van der Waals surface area (Å²) < 4.78 is 19.5. The van der Waals surface area contributed by atoms with Gasteiger partial charge < -0.3 is 14.3 Å². The normalized spacial score (nSPS) is 15.1. The molecule has 0 aliphatic carbocycles. The van der Waals surface area contributed by atoms with Crippen LogP contribution in [0.2, 0.25) is 5.02 Å². The van der Waals surface area contributed by atoms with E-state index < -0.39 is 5.82 Å². The van der Waals surface area contributed by atoms with Crippen LogP contribution in [0.25, 0.3) is 11.3 Å². The molecule has 1 aliphatic rings. The summed E-state index contributed by atoms with van der Waals surface area (Å²) >= 11 is 6.14. The summed E-state index contributed by atoms with van der Waals surface area (Å²) in [7, 11) is 1.77. The lowest BCUT2D eigenvalue weighted by Gasteiger charge is -2.36. The third kappa shape index (κ3) is 3.69. The van der Waals surface area contributed by atoms with Crippen molar-refractivity contribution in [2.45, 2.75) is 32.7 Å². The summed E-state index contributed by atoms with van der Waals surface area (Å²) in [5, 5.41) is 4.06. The topological polar surface area (TPSA) is 66.7 Å². The van der Waals surface area contributed by atoms with E-state index in [0.717, 1.165) is 0 Å². The van der Waals surface area contributed by atoms with Crippen LogP contribution in [0.1, 0.15) is 35.9 Å². The Hall–Kier alpha value is -2.41. The molecule has 1 aliphatic heterocycles. The number of carbonyl (C=O) groups excluding carboxylic acids is 2. The Morgan fingerprint density at radius 2 is 2.00 bits per heavy atom. The second-order valence-electron chi connectivity index (χ2n) is 6.71. The van der Waals surface area contributed by atoms with E-state index in [1.807, 2.05) is 0 Å². The highest BCUT2D eigenvalue weighted by atomic mass is 35.5. The molecule has 0 unspecified atom stereocenters. The van der Waals surface area contributed by atoms with Gasteiger partial charge in [-0.15, -0.1) is 0 Å². The number of nitrogens with zero attached hydrogens (tertiary/aromatic N) is 3. The van der Waals surface area contributed by atoms with E-state index in [2.05, 4.69) is 5.16 Å². The average molecular weight is 394 g/mol. The van der Waals surface area contributed by atoms with E-state index in [1.54, 1.807) is 29.8 Å². The van der Waals surface area contributed by atoms with Crippen LogP contribution in [0.5, 0.6) is 0 Å². The highest BCUT2D eigenvalue weighted by Crippen LogP contribution is 2.34. The number of rotatable bonds is 3. The van der Waals surface area contributed by atoms with Gasteiger partial charge >= 0.3 is 0 Å². The van der Waals surface area contributed by atoms with Gasteiger partial charge in [0.2, 0.25) is 5.91 Å². The zero-order valence-corrected chi connectivity index (χ0v) is 16.2.